The highest BCUT2D eigenvalue weighted by Gasteiger charge is 2.48. The van der Waals surface area contributed by atoms with Crippen molar-refractivity contribution in [1.82, 2.24) is 4.90 Å². The van der Waals surface area contributed by atoms with Gasteiger partial charge in [0, 0.05) is 24.1 Å². The lowest BCUT2D eigenvalue weighted by Crippen LogP contribution is -2.47. The van der Waals surface area contributed by atoms with Gasteiger partial charge in [0.1, 0.15) is 27.4 Å². The molecule has 30 heavy (non-hydrogen) atoms. The minimum absolute atomic E-state index is 0.373. The molecule has 1 fully saturated rings. The number of hydrogen-bond acceptors (Lipinski definition) is 4. The van der Waals surface area contributed by atoms with E-state index in [2.05, 4.69) is 4.40 Å². The minimum Gasteiger partial charge on any atom is -0.591 e. The van der Waals surface area contributed by atoms with E-state index in [0.29, 0.717) is 49.2 Å². The Morgan fingerprint density at radius 2 is 1.70 bits per heavy atom. The van der Waals surface area contributed by atoms with Crippen LogP contribution in [-0.4, -0.2) is 44.7 Å². The number of halogens is 2. The SMILES string of the molecule is CC(C)(C)OC(=O)N1CCC2(CC1)Cc1cc(F)c(F)cc1/C2=N/[S@+]([O-])C(C)(C)C. The predicted octanol–water partition coefficient (Wildman–Crippen LogP) is 4.79. The molecular weight excluding hydrogens is 410 g/mol. The summed E-state index contributed by atoms with van der Waals surface area (Å²) in [5.74, 6) is -1.83. The fourth-order valence-corrected chi connectivity index (χ4v) is 4.64. The molecule has 8 heteroatoms. The van der Waals surface area contributed by atoms with E-state index < -0.39 is 38.8 Å². The van der Waals surface area contributed by atoms with Crippen LogP contribution >= 0.6 is 0 Å². The number of fused-ring (bicyclic) bond motifs is 1. The number of likely N-dealkylation sites (tertiary alicyclic amines) is 1. The first-order chi connectivity index (χ1) is 13.7. The van der Waals surface area contributed by atoms with Crippen LogP contribution in [0.15, 0.2) is 16.5 Å². The van der Waals surface area contributed by atoms with E-state index in [9.17, 15) is 18.1 Å². The standard InChI is InChI=1S/C22H30F2N2O3S/c1-20(2,3)29-19(27)26-9-7-22(8-10-26)13-14-11-16(23)17(24)12-15(14)18(22)25-30(28)21(4,5)6/h11-12H,7-10,13H2,1-6H3/b25-18-/t30-/m1/s1. The molecule has 3 rings (SSSR count). The van der Waals surface area contributed by atoms with Crippen molar-refractivity contribution >= 4 is 23.2 Å². The van der Waals surface area contributed by atoms with Crippen LogP contribution in [0.5, 0.6) is 0 Å². The summed E-state index contributed by atoms with van der Waals surface area (Å²) in [6.45, 7) is 11.8. The fourth-order valence-electron chi connectivity index (χ4n) is 3.91. The second-order valence-corrected chi connectivity index (χ2v) is 12.1. The zero-order chi connectivity index (χ0) is 22.5. The Labute approximate surface area is 180 Å². The van der Waals surface area contributed by atoms with Crippen LogP contribution in [0.25, 0.3) is 0 Å². The lowest BCUT2D eigenvalue weighted by Gasteiger charge is -2.39. The highest BCUT2D eigenvalue weighted by molar-refractivity contribution is 7.91. The molecule has 1 aliphatic heterocycles. The number of amides is 1. The van der Waals surface area contributed by atoms with E-state index in [4.69, 9.17) is 4.74 Å². The number of benzene rings is 1. The minimum atomic E-state index is -1.54. The first-order valence-electron chi connectivity index (χ1n) is 10.2. The highest BCUT2D eigenvalue weighted by Crippen LogP contribution is 2.46. The molecule has 1 aliphatic carbocycles. The summed E-state index contributed by atoms with van der Waals surface area (Å²) in [7, 11) is 0. The number of ether oxygens (including phenoxy) is 1. The summed E-state index contributed by atoms with van der Waals surface area (Å²) < 4.78 is 50.1. The van der Waals surface area contributed by atoms with Crippen LogP contribution in [0.1, 0.15) is 65.5 Å². The first-order valence-corrected chi connectivity index (χ1v) is 11.3. The number of hydrogen-bond donors (Lipinski definition) is 0. The van der Waals surface area contributed by atoms with E-state index in [-0.39, 0.29) is 6.09 Å². The maximum Gasteiger partial charge on any atom is 0.410 e. The second-order valence-electron chi connectivity index (χ2n) is 10.1. The number of piperidine rings is 1. The third-order valence-electron chi connectivity index (χ3n) is 5.50. The van der Waals surface area contributed by atoms with Crippen molar-refractivity contribution in [3.8, 4) is 0 Å². The van der Waals surface area contributed by atoms with Gasteiger partial charge in [0.25, 0.3) is 0 Å². The summed E-state index contributed by atoms with van der Waals surface area (Å²) in [6.07, 6.45) is 1.23. The van der Waals surface area contributed by atoms with Crippen LogP contribution in [0.4, 0.5) is 13.6 Å². The second kappa shape index (κ2) is 7.79. The van der Waals surface area contributed by atoms with Gasteiger partial charge in [-0.15, -0.1) is 0 Å². The Balaban J connectivity index is 1.92. The highest BCUT2D eigenvalue weighted by atomic mass is 32.2. The third kappa shape index (κ3) is 4.64. The van der Waals surface area contributed by atoms with Crippen LogP contribution < -0.4 is 0 Å². The maximum atomic E-state index is 14.0. The maximum absolute atomic E-state index is 14.0. The lowest BCUT2D eigenvalue weighted by molar-refractivity contribution is 0.0159. The summed E-state index contributed by atoms with van der Waals surface area (Å²) >= 11 is -1.54. The summed E-state index contributed by atoms with van der Waals surface area (Å²) in [4.78, 5) is 14.1. The molecule has 0 aromatic heterocycles. The van der Waals surface area contributed by atoms with Crippen molar-refractivity contribution in [2.75, 3.05) is 13.1 Å². The van der Waals surface area contributed by atoms with Crippen LogP contribution in [0.2, 0.25) is 0 Å². The zero-order valence-corrected chi connectivity index (χ0v) is 19.3. The Kier molecular flexibility index (Phi) is 5.97. The summed E-state index contributed by atoms with van der Waals surface area (Å²) in [6, 6.07) is 2.38. The van der Waals surface area contributed by atoms with Crippen molar-refractivity contribution < 1.29 is 22.9 Å². The van der Waals surface area contributed by atoms with Gasteiger partial charge in [-0.25, -0.2) is 13.6 Å². The number of carbonyl (C=O) groups excluding carboxylic acids is 1. The monoisotopic (exact) mass is 440 g/mol. The van der Waals surface area contributed by atoms with Gasteiger partial charge in [0.15, 0.2) is 11.6 Å². The molecule has 166 valence electrons. The van der Waals surface area contributed by atoms with Crippen molar-refractivity contribution in [3.05, 3.63) is 34.9 Å². The molecule has 0 saturated carbocycles. The Morgan fingerprint density at radius 1 is 1.13 bits per heavy atom. The molecule has 1 saturated heterocycles. The Hall–Kier alpha value is -1.67. The molecule has 1 aromatic rings. The van der Waals surface area contributed by atoms with Gasteiger partial charge in [0.2, 0.25) is 0 Å². The van der Waals surface area contributed by atoms with E-state index in [1.807, 2.05) is 41.5 Å². The Morgan fingerprint density at radius 3 is 2.23 bits per heavy atom. The molecule has 1 aromatic carbocycles. The number of carbonyl (C=O) groups is 1. The zero-order valence-electron chi connectivity index (χ0n) is 18.5. The molecule has 2 aliphatic rings. The average Bonchev–Trinajstić information content (AvgIpc) is 2.86. The van der Waals surface area contributed by atoms with Crippen LogP contribution in [0, 0.1) is 17.0 Å². The number of rotatable bonds is 1. The third-order valence-corrected chi connectivity index (χ3v) is 6.90. The molecule has 0 radical (unpaired) electrons. The average molecular weight is 441 g/mol. The van der Waals surface area contributed by atoms with E-state index in [0.717, 1.165) is 0 Å². The summed E-state index contributed by atoms with van der Waals surface area (Å²) in [5, 5.41) is 0. The normalized spacial score (nSPS) is 21.1. The lowest BCUT2D eigenvalue weighted by atomic mass is 9.74. The van der Waals surface area contributed by atoms with E-state index in [1.54, 1.807) is 4.90 Å². The molecule has 1 amide bonds. The van der Waals surface area contributed by atoms with Gasteiger partial charge < -0.3 is 14.2 Å². The quantitative estimate of drug-likeness (QED) is 0.590. The predicted molar refractivity (Wildman–Crippen MR) is 114 cm³/mol. The number of nitrogens with zero attached hydrogens (tertiary/aromatic N) is 2. The van der Waals surface area contributed by atoms with Crippen molar-refractivity contribution in [2.24, 2.45) is 9.81 Å². The first kappa shape index (κ1) is 23.0. The van der Waals surface area contributed by atoms with Gasteiger partial charge in [-0.05, 0) is 78.5 Å². The van der Waals surface area contributed by atoms with Gasteiger partial charge in [-0.2, -0.15) is 0 Å². The van der Waals surface area contributed by atoms with Crippen LogP contribution in [0.3, 0.4) is 0 Å². The van der Waals surface area contributed by atoms with Gasteiger partial charge in [0.05, 0.1) is 0 Å². The van der Waals surface area contributed by atoms with E-state index in [1.165, 1.54) is 12.1 Å². The van der Waals surface area contributed by atoms with Gasteiger partial charge in [-0.3, -0.25) is 0 Å². The van der Waals surface area contributed by atoms with Gasteiger partial charge in [-0.1, -0.05) is 4.40 Å². The van der Waals surface area contributed by atoms with Crippen molar-refractivity contribution in [2.45, 2.75) is 71.2 Å². The molecule has 1 spiro atoms. The molecule has 0 unspecified atom stereocenters. The molecule has 1 heterocycles. The summed E-state index contributed by atoms with van der Waals surface area (Å²) in [5.41, 5.74) is 0.679. The van der Waals surface area contributed by atoms with E-state index >= 15 is 0 Å². The molecular formula is C22H30F2N2O3S. The van der Waals surface area contributed by atoms with Crippen molar-refractivity contribution in [1.29, 1.82) is 0 Å². The topological polar surface area (TPSA) is 65.0 Å². The smallest absolute Gasteiger partial charge is 0.410 e. The molecule has 5 nitrogen and oxygen atoms in total. The largest absolute Gasteiger partial charge is 0.591 e. The molecule has 1 atom stereocenters. The van der Waals surface area contributed by atoms with Gasteiger partial charge >= 0.3 is 6.09 Å². The van der Waals surface area contributed by atoms with Crippen LogP contribution in [-0.2, 0) is 22.5 Å². The molecule has 0 bridgehead atoms. The Bertz CT molecular complexity index is 866. The fraction of sp³-hybridized carbons (Fsp3) is 0.636. The van der Waals surface area contributed by atoms with Crippen molar-refractivity contribution in [3.63, 3.8) is 0 Å². The molecule has 0 N–H and O–H groups in total.